The molecule has 1 aromatic rings. The molecule has 6 nitrogen and oxygen atoms in total. The lowest BCUT2D eigenvalue weighted by Gasteiger charge is -2.30. The third-order valence-electron chi connectivity index (χ3n) is 4.68. The number of aliphatic hydroxyl groups is 1. The van der Waals surface area contributed by atoms with Gasteiger partial charge in [0, 0.05) is 37.8 Å². The molecular weight excluding hydrogens is 308 g/mol. The number of fused-ring (bicyclic) bond motifs is 1. The summed E-state index contributed by atoms with van der Waals surface area (Å²) in [4.78, 5) is 24.3. The molecule has 0 bridgehead atoms. The quantitative estimate of drug-likeness (QED) is 0.653. The normalized spacial score (nSPS) is 22.5. The molecule has 0 saturated heterocycles. The minimum absolute atomic E-state index is 0.0304. The Balaban J connectivity index is 1.78. The molecule has 3 rings (SSSR count). The van der Waals surface area contributed by atoms with Crippen LogP contribution in [0, 0.1) is 10.8 Å². The monoisotopic (exact) mass is 330 g/mol. The fourth-order valence-corrected chi connectivity index (χ4v) is 3.57. The molecule has 1 heterocycles. The standard InChI is InChI=1S/C18H22N2O4/c1-18(2)8-10(19)16(14(23)9-18)13(22)7-6-11-17-12(21)4-3-5-15(17)24-20-11/h19,22H,3-9H2,1-2H3/b16-13+,19-10?. The van der Waals surface area contributed by atoms with Crippen molar-refractivity contribution < 1.29 is 19.2 Å². The lowest BCUT2D eigenvalue weighted by atomic mass is 9.73. The highest BCUT2D eigenvalue weighted by Crippen LogP contribution is 2.35. The number of carbonyl (C=O) groups is 2. The first-order chi connectivity index (χ1) is 11.3. The van der Waals surface area contributed by atoms with Crippen LogP contribution in [0.3, 0.4) is 0 Å². The van der Waals surface area contributed by atoms with E-state index in [4.69, 9.17) is 9.93 Å². The topological polar surface area (TPSA) is 104 Å². The molecule has 0 atom stereocenters. The van der Waals surface area contributed by atoms with Gasteiger partial charge in [0.05, 0.1) is 16.8 Å². The molecular formula is C18H22N2O4. The van der Waals surface area contributed by atoms with E-state index in [1.165, 1.54) is 0 Å². The first-order valence-corrected chi connectivity index (χ1v) is 8.32. The van der Waals surface area contributed by atoms with E-state index < -0.39 is 0 Å². The molecule has 24 heavy (non-hydrogen) atoms. The molecule has 128 valence electrons. The number of hydrogen-bond donors (Lipinski definition) is 2. The SMILES string of the molecule is CC1(C)CC(=N)/C(=C(\O)CCc2noc3c2C(=O)CCC3)C(=O)C1. The van der Waals surface area contributed by atoms with Gasteiger partial charge in [0.15, 0.2) is 11.6 Å². The number of aliphatic hydroxyl groups excluding tert-OH is 1. The highest BCUT2D eigenvalue weighted by Gasteiger charge is 2.35. The predicted molar refractivity (Wildman–Crippen MR) is 87.5 cm³/mol. The van der Waals surface area contributed by atoms with Crippen molar-refractivity contribution in [3.8, 4) is 0 Å². The summed E-state index contributed by atoms with van der Waals surface area (Å²) in [5, 5.41) is 22.4. The molecule has 0 unspecified atom stereocenters. The number of rotatable bonds is 3. The highest BCUT2D eigenvalue weighted by atomic mass is 16.5. The number of aryl methyl sites for hydroxylation is 2. The van der Waals surface area contributed by atoms with Gasteiger partial charge in [-0.3, -0.25) is 9.59 Å². The number of aromatic nitrogens is 1. The van der Waals surface area contributed by atoms with E-state index in [-0.39, 0.29) is 40.4 Å². The Morgan fingerprint density at radius 2 is 2.00 bits per heavy atom. The zero-order valence-electron chi connectivity index (χ0n) is 14.1. The van der Waals surface area contributed by atoms with Crippen molar-refractivity contribution >= 4 is 17.3 Å². The maximum Gasteiger partial charge on any atom is 0.168 e. The summed E-state index contributed by atoms with van der Waals surface area (Å²) in [6, 6.07) is 0. The lowest BCUT2D eigenvalue weighted by Crippen LogP contribution is -2.32. The smallest absolute Gasteiger partial charge is 0.168 e. The molecule has 0 amide bonds. The first-order valence-electron chi connectivity index (χ1n) is 8.32. The van der Waals surface area contributed by atoms with Crippen LogP contribution in [0.1, 0.15) is 67.8 Å². The van der Waals surface area contributed by atoms with E-state index in [0.29, 0.717) is 49.1 Å². The molecule has 2 aliphatic carbocycles. The number of nitrogens with zero attached hydrogens (tertiary/aromatic N) is 1. The average Bonchev–Trinajstić information content (AvgIpc) is 2.87. The molecule has 0 aliphatic heterocycles. The molecule has 0 radical (unpaired) electrons. The number of nitrogens with one attached hydrogen (secondary N) is 1. The zero-order chi connectivity index (χ0) is 17.5. The van der Waals surface area contributed by atoms with Crippen LogP contribution in [0.5, 0.6) is 0 Å². The number of Topliss-reactive ketones (excluding diaryl/α,β-unsaturated/α-hetero) is 2. The van der Waals surface area contributed by atoms with Crippen molar-refractivity contribution in [2.24, 2.45) is 5.41 Å². The van der Waals surface area contributed by atoms with Gasteiger partial charge >= 0.3 is 0 Å². The summed E-state index contributed by atoms with van der Waals surface area (Å²) in [7, 11) is 0. The van der Waals surface area contributed by atoms with Crippen molar-refractivity contribution in [2.45, 2.75) is 58.8 Å². The van der Waals surface area contributed by atoms with E-state index in [1.54, 1.807) is 0 Å². The minimum atomic E-state index is -0.241. The van der Waals surface area contributed by atoms with Gasteiger partial charge in [-0.25, -0.2) is 0 Å². The second-order valence-corrected chi connectivity index (χ2v) is 7.45. The fraction of sp³-hybridized carbons (Fsp3) is 0.556. The Hall–Kier alpha value is -2.24. The maximum absolute atomic E-state index is 12.3. The first kappa shape index (κ1) is 16.6. The van der Waals surface area contributed by atoms with Crippen LogP contribution in [0.4, 0.5) is 0 Å². The van der Waals surface area contributed by atoms with Crippen LogP contribution in [0.2, 0.25) is 0 Å². The summed E-state index contributed by atoms with van der Waals surface area (Å²) in [6.07, 6.45) is 3.27. The van der Waals surface area contributed by atoms with Gasteiger partial charge in [-0.1, -0.05) is 19.0 Å². The van der Waals surface area contributed by atoms with Crippen LogP contribution in [0.15, 0.2) is 15.9 Å². The Labute approximate surface area is 140 Å². The van der Waals surface area contributed by atoms with Crippen molar-refractivity contribution in [3.05, 3.63) is 28.3 Å². The van der Waals surface area contributed by atoms with Crippen molar-refractivity contribution in [3.63, 3.8) is 0 Å². The summed E-state index contributed by atoms with van der Waals surface area (Å²) >= 11 is 0. The number of hydrogen-bond acceptors (Lipinski definition) is 6. The number of carbonyl (C=O) groups excluding carboxylic acids is 2. The van der Waals surface area contributed by atoms with Crippen LogP contribution in [0.25, 0.3) is 0 Å². The van der Waals surface area contributed by atoms with Gasteiger partial charge in [0.2, 0.25) is 0 Å². The second-order valence-electron chi connectivity index (χ2n) is 7.45. The van der Waals surface area contributed by atoms with Crippen molar-refractivity contribution in [1.82, 2.24) is 5.16 Å². The lowest BCUT2D eigenvalue weighted by molar-refractivity contribution is -0.117. The molecule has 0 spiro atoms. The molecule has 6 heteroatoms. The number of allylic oxidation sites excluding steroid dienone is 2. The van der Waals surface area contributed by atoms with Gasteiger partial charge in [0.1, 0.15) is 11.5 Å². The molecule has 2 aliphatic rings. The van der Waals surface area contributed by atoms with Gasteiger partial charge in [-0.2, -0.15) is 0 Å². The predicted octanol–water partition coefficient (Wildman–Crippen LogP) is 3.35. The zero-order valence-corrected chi connectivity index (χ0v) is 14.1. The Morgan fingerprint density at radius 3 is 2.71 bits per heavy atom. The van der Waals surface area contributed by atoms with Gasteiger partial charge in [-0.05, 0) is 18.3 Å². The van der Waals surface area contributed by atoms with E-state index in [1.807, 2.05) is 13.8 Å². The second kappa shape index (κ2) is 6.00. The van der Waals surface area contributed by atoms with Crippen LogP contribution >= 0.6 is 0 Å². The molecule has 1 saturated carbocycles. The van der Waals surface area contributed by atoms with Crippen LogP contribution in [-0.2, 0) is 17.6 Å². The van der Waals surface area contributed by atoms with Gasteiger partial charge in [-0.15, -0.1) is 0 Å². The van der Waals surface area contributed by atoms with E-state index in [9.17, 15) is 14.7 Å². The molecule has 0 aromatic carbocycles. The minimum Gasteiger partial charge on any atom is -0.511 e. The summed E-state index contributed by atoms with van der Waals surface area (Å²) < 4.78 is 5.23. The fourth-order valence-electron chi connectivity index (χ4n) is 3.57. The highest BCUT2D eigenvalue weighted by molar-refractivity contribution is 6.23. The molecule has 2 N–H and O–H groups in total. The Kier molecular flexibility index (Phi) is 4.15. The third-order valence-corrected chi connectivity index (χ3v) is 4.68. The summed E-state index contributed by atoms with van der Waals surface area (Å²) in [5.74, 6) is 0.382. The van der Waals surface area contributed by atoms with E-state index >= 15 is 0 Å². The Morgan fingerprint density at radius 1 is 1.25 bits per heavy atom. The largest absolute Gasteiger partial charge is 0.511 e. The molecule has 1 aromatic heterocycles. The summed E-state index contributed by atoms with van der Waals surface area (Å²) in [6.45, 7) is 3.89. The molecule has 1 fully saturated rings. The van der Waals surface area contributed by atoms with Crippen molar-refractivity contribution in [2.75, 3.05) is 0 Å². The van der Waals surface area contributed by atoms with Crippen LogP contribution < -0.4 is 0 Å². The maximum atomic E-state index is 12.3. The van der Waals surface area contributed by atoms with E-state index in [2.05, 4.69) is 5.16 Å². The van der Waals surface area contributed by atoms with Gasteiger partial charge < -0.3 is 15.0 Å². The Bertz CT molecular complexity index is 733. The summed E-state index contributed by atoms with van der Waals surface area (Å²) in [5.41, 5.74) is 1.17. The van der Waals surface area contributed by atoms with Crippen molar-refractivity contribution in [1.29, 1.82) is 5.41 Å². The number of ketones is 2. The van der Waals surface area contributed by atoms with Gasteiger partial charge in [0.25, 0.3) is 0 Å². The third kappa shape index (κ3) is 3.05. The van der Waals surface area contributed by atoms with E-state index in [0.717, 1.165) is 6.42 Å². The van der Waals surface area contributed by atoms with Crippen LogP contribution in [-0.4, -0.2) is 27.5 Å². The average molecular weight is 330 g/mol.